The van der Waals surface area contributed by atoms with Gasteiger partial charge in [0.2, 0.25) is 0 Å². The third-order valence-corrected chi connectivity index (χ3v) is 2.65. The Kier molecular flexibility index (Phi) is 4.89. The minimum atomic E-state index is -4.56. The fourth-order valence-electron chi connectivity index (χ4n) is 1.27. The van der Waals surface area contributed by atoms with Crippen molar-refractivity contribution in [1.29, 1.82) is 0 Å². The maximum absolute atomic E-state index is 11.3. The second kappa shape index (κ2) is 6.02. The van der Waals surface area contributed by atoms with E-state index in [1.54, 1.807) is 26.0 Å². The van der Waals surface area contributed by atoms with Crippen molar-refractivity contribution in [2.75, 3.05) is 0 Å². The topological polar surface area (TPSA) is 93.1 Å². The average molecular weight is 286 g/mol. The minimum Gasteiger partial charge on any atom is -0.454 e. The van der Waals surface area contributed by atoms with Crippen LogP contribution in [0.5, 0.6) is 5.75 Å². The molecule has 2 N–H and O–H groups in total. The number of hydrogen-bond acceptors (Lipinski definition) is 4. The maximum atomic E-state index is 11.3. The Labute approximate surface area is 110 Å². The van der Waals surface area contributed by atoms with Crippen LogP contribution in [-0.2, 0) is 14.1 Å². The second-order valence-corrected chi connectivity index (χ2v) is 5.14. The molecule has 7 heteroatoms. The van der Waals surface area contributed by atoms with Crippen LogP contribution in [0.25, 0.3) is 0 Å². The van der Waals surface area contributed by atoms with E-state index in [0.29, 0.717) is 11.1 Å². The third-order valence-electron chi connectivity index (χ3n) is 2.21. The largest absolute Gasteiger partial charge is 0.524 e. The van der Waals surface area contributed by atoms with Crippen molar-refractivity contribution in [3.63, 3.8) is 0 Å². The summed E-state index contributed by atoms with van der Waals surface area (Å²) >= 11 is 0. The fraction of sp³-hybridized carbons (Fsp3) is 0.250. The van der Waals surface area contributed by atoms with Gasteiger partial charge in [-0.1, -0.05) is 18.7 Å². The molecule has 19 heavy (non-hydrogen) atoms. The second-order valence-electron chi connectivity index (χ2n) is 3.98. The van der Waals surface area contributed by atoms with Crippen LogP contribution in [-0.4, -0.2) is 15.8 Å². The summed E-state index contributed by atoms with van der Waals surface area (Å²) in [6.07, 6.45) is -0.492. The first-order chi connectivity index (χ1) is 8.69. The molecular weight excluding hydrogens is 271 g/mol. The lowest BCUT2D eigenvalue weighted by Gasteiger charge is -2.14. The Bertz CT molecular complexity index is 516. The number of hydrogen-bond donors (Lipinski definition) is 2. The zero-order valence-electron chi connectivity index (χ0n) is 10.6. The molecular formula is C12H15O6P. The van der Waals surface area contributed by atoms with E-state index in [9.17, 15) is 9.36 Å². The number of benzene rings is 1. The predicted octanol–water partition coefficient (Wildman–Crippen LogP) is 2.34. The lowest BCUT2D eigenvalue weighted by Crippen LogP contribution is -2.09. The molecule has 1 atom stereocenters. The number of phosphoric ester groups is 1. The molecule has 1 aromatic rings. The average Bonchev–Trinajstić information content (AvgIpc) is 2.27. The SMILES string of the molecule is C=C(C)C(=O)OC(C)c1ccc(OP(=O)(O)O)cc1. The molecule has 0 heterocycles. The summed E-state index contributed by atoms with van der Waals surface area (Å²) in [6.45, 7) is 6.70. The van der Waals surface area contributed by atoms with E-state index in [1.165, 1.54) is 12.1 Å². The number of esters is 1. The zero-order chi connectivity index (χ0) is 14.6. The first-order valence-electron chi connectivity index (χ1n) is 5.40. The Morgan fingerprint density at radius 2 is 1.84 bits per heavy atom. The first-order valence-corrected chi connectivity index (χ1v) is 6.93. The number of phosphoric acid groups is 1. The van der Waals surface area contributed by atoms with Crippen LogP contribution < -0.4 is 4.52 Å². The molecule has 0 aliphatic carbocycles. The Balaban J connectivity index is 2.73. The van der Waals surface area contributed by atoms with Gasteiger partial charge in [0.15, 0.2) is 0 Å². The monoisotopic (exact) mass is 286 g/mol. The van der Waals surface area contributed by atoms with Gasteiger partial charge in [-0.05, 0) is 31.5 Å². The van der Waals surface area contributed by atoms with E-state index in [1.807, 2.05) is 0 Å². The van der Waals surface area contributed by atoms with Gasteiger partial charge < -0.3 is 9.26 Å². The van der Waals surface area contributed by atoms with E-state index in [-0.39, 0.29) is 5.75 Å². The van der Waals surface area contributed by atoms with Gasteiger partial charge in [0.05, 0.1) is 0 Å². The summed E-state index contributed by atoms with van der Waals surface area (Å²) in [4.78, 5) is 28.6. The van der Waals surface area contributed by atoms with Gasteiger partial charge in [-0.3, -0.25) is 9.79 Å². The minimum absolute atomic E-state index is 0.0375. The highest BCUT2D eigenvalue weighted by Crippen LogP contribution is 2.37. The van der Waals surface area contributed by atoms with Crippen LogP contribution in [0, 0.1) is 0 Å². The van der Waals surface area contributed by atoms with E-state index in [4.69, 9.17) is 14.5 Å². The number of carbonyl (C=O) groups is 1. The summed E-state index contributed by atoms with van der Waals surface area (Å²) in [6, 6.07) is 5.89. The van der Waals surface area contributed by atoms with Gasteiger partial charge in [-0.25, -0.2) is 9.36 Å². The molecule has 0 spiro atoms. The van der Waals surface area contributed by atoms with Crippen LogP contribution in [0.1, 0.15) is 25.5 Å². The molecule has 6 nitrogen and oxygen atoms in total. The van der Waals surface area contributed by atoms with Crippen LogP contribution in [0.15, 0.2) is 36.4 Å². The summed E-state index contributed by atoms with van der Waals surface area (Å²) in [7, 11) is -4.56. The van der Waals surface area contributed by atoms with Gasteiger partial charge >= 0.3 is 13.8 Å². The highest BCUT2D eigenvalue weighted by Gasteiger charge is 2.16. The normalized spacial score (nSPS) is 12.6. The van der Waals surface area contributed by atoms with Gasteiger partial charge in [0.25, 0.3) is 0 Å². The molecule has 0 amide bonds. The molecule has 0 bridgehead atoms. The van der Waals surface area contributed by atoms with Gasteiger partial charge in [-0.15, -0.1) is 0 Å². The molecule has 1 rings (SSSR count). The maximum Gasteiger partial charge on any atom is 0.524 e. The van der Waals surface area contributed by atoms with Crippen molar-refractivity contribution < 1.29 is 28.4 Å². The van der Waals surface area contributed by atoms with Crippen molar-refractivity contribution in [3.05, 3.63) is 42.0 Å². The van der Waals surface area contributed by atoms with Crippen LogP contribution in [0.2, 0.25) is 0 Å². The van der Waals surface area contributed by atoms with E-state index >= 15 is 0 Å². The number of carbonyl (C=O) groups excluding carboxylic acids is 1. The summed E-state index contributed by atoms with van der Waals surface area (Å²) in [5, 5.41) is 0. The molecule has 0 aliphatic heterocycles. The van der Waals surface area contributed by atoms with E-state index < -0.39 is 19.9 Å². The van der Waals surface area contributed by atoms with Crippen LogP contribution in [0.3, 0.4) is 0 Å². The van der Waals surface area contributed by atoms with Crippen molar-refractivity contribution >= 4 is 13.8 Å². The Hall–Kier alpha value is -1.62. The Morgan fingerprint density at radius 3 is 2.26 bits per heavy atom. The molecule has 0 aliphatic rings. The molecule has 0 radical (unpaired) electrons. The molecule has 0 fully saturated rings. The lowest BCUT2D eigenvalue weighted by molar-refractivity contribution is -0.143. The Morgan fingerprint density at radius 1 is 1.32 bits per heavy atom. The molecule has 0 saturated heterocycles. The van der Waals surface area contributed by atoms with Gasteiger partial charge in [0.1, 0.15) is 11.9 Å². The predicted molar refractivity (Wildman–Crippen MR) is 68.4 cm³/mol. The summed E-state index contributed by atoms with van der Waals surface area (Å²) in [5.74, 6) is -0.460. The fourth-order valence-corrected chi connectivity index (χ4v) is 1.66. The molecule has 104 valence electrons. The van der Waals surface area contributed by atoms with E-state index in [0.717, 1.165) is 0 Å². The third kappa shape index (κ3) is 5.26. The van der Waals surface area contributed by atoms with Crippen LogP contribution >= 0.6 is 7.82 Å². The van der Waals surface area contributed by atoms with Crippen molar-refractivity contribution in [3.8, 4) is 5.75 Å². The highest BCUT2D eigenvalue weighted by atomic mass is 31.2. The zero-order valence-corrected chi connectivity index (χ0v) is 11.5. The van der Waals surface area contributed by atoms with Crippen molar-refractivity contribution in [2.24, 2.45) is 0 Å². The number of ether oxygens (including phenoxy) is 1. The van der Waals surface area contributed by atoms with Gasteiger partial charge in [0, 0.05) is 5.57 Å². The number of rotatable bonds is 5. The van der Waals surface area contributed by atoms with Crippen LogP contribution in [0.4, 0.5) is 0 Å². The van der Waals surface area contributed by atoms with E-state index in [2.05, 4.69) is 11.1 Å². The highest BCUT2D eigenvalue weighted by molar-refractivity contribution is 7.46. The quantitative estimate of drug-likeness (QED) is 0.490. The molecule has 0 aromatic heterocycles. The standard InChI is InChI=1S/C12H15O6P/c1-8(2)12(13)17-9(3)10-4-6-11(7-5-10)18-19(14,15)16/h4-7,9H,1H2,2-3H3,(H2,14,15,16). The van der Waals surface area contributed by atoms with Crippen molar-refractivity contribution in [1.82, 2.24) is 0 Å². The molecule has 1 unspecified atom stereocenters. The first kappa shape index (κ1) is 15.4. The summed E-state index contributed by atoms with van der Waals surface area (Å²) < 4.78 is 20.1. The molecule has 1 aromatic carbocycles. The molecule has 0 saturated carbocycles. The lowest BCUT2D eigenvalue weighted by atomic mass is 10.1. The van der Waals surface area contributed by atoms with Crippen molar-refractivity contribution in [2.45, 2.75) is 20.0 Å². The summed E-state index contributed by atoms with van der Waals surface area (Å²) in [5.41, 5.74) is 0.973. The van der Waals surface area contributed by atoms with Gasteiger partial charge in [-0.2, -0.15) is 0 Å². The smallest absolute Gasteiger partial charge is 0.454 e.